The fraction of sp³-hybridized carbons (Fsp3) is 0.0714. The molecule has 0 bridgehead atoms. The van der Waals surface area contributed by atoms with Gasteiger partial charge in [-0.05, 0) is 98.5 Å². The van der Waals surface area contributed by atoms with Crippen LogP contribution in [0.15, 0.2) is 170 Å². The number of rotatable bonds is 6. The van der Waals surface area contributed by atoms with Crippen LogP contribution in [-0.4, -0.2) is 19.9 Å². The Bertz CT molecular complexity index is 2520. The van der Waals surface area contributed by atoms with Crippen LogP contribution in [0.1, 0.15) is 22.3 Å². The van der Waals surface area contributed by atoms with Gasteiger partial charge < -0.3 is 0 Å². The van der Waals surface area contributed by atoms with E-state index in [1.807, 2.05) is 72.8 Å². The first-order valence-electron chi connectivity index (χ1n) is 19.5. The van der Waals surface area contributed by atoms with Crippen molar-refractivity contribution >= 4 is 26.9 Å². The first-order chi connectivity index (χ1) is 35.4. The molecule has 72 heavy (non-hydrogen) atoms. The van der Waals surface area contributed by atoms with Crippen molar-refractivity contribution in [3.05, 3.63) is 245 Å². The molecule has 16 heteroatoms. The van der Waals surface area contributed by atoms with Crippen molar-refractivity contribution in [2.45, 2.75) is 27.7 Å². The van der Waals surface area contributed by atoms with Gasteiger partial charge in [-0.2, -0.15) is 0 Å². The average molecular weight is 1430 g/mol. The molecule has 0 fully saturated rings. The Balaban J connectivity index is -0.000000477. The summed E-state index contributed by atoms with van der Waals surface area (Å²) < 4.78 is 60.0. The molecule has 8 aromatic rings. The Hall–Kier alpha value is -6.32. The molecule has 0 aliphatic heterocycles. The van der Waals surface area contributed by atoms with E-state index in [2.05, 4.69) is 205 Å². The van der Waals surface area contributed by atoms with Gasteiger partial charge in [-0.15, -0.1) is 0 Å². The SMILES string of the molecule is Cc1ccccc1-c1cccc(-c2cccc(-c3ccccc3C)n2)n1.Cc1ccccc1-c1cccc(-c2cccc(-c3ccccc3C)n2)n1.[Br][Re].[Br][Re].[C-]#[O+].[C-]#[O+].[C-]#[O+].[C-]#[O+].[C-]#[O+].[C-]#[O+].[C-]#[O+].[C-]#[O+]. The van der Waals surface area contributed by atoms with Crippen LogP contribution in [0.2, 0.25) is 0 Å². The van der Waals surface area contributed by atoms with Crippen LogP contribution in [0.5, 0.6) is 0 Å². The summed E-state index contributed by atoms with van der Waals surface area (Å²) in [7, 11) is 0. The van der Waals surface area contributed by atoms with Crippen LogP contribution in [0.3, 0.4) is 0 Å². The predicted molar refractivity (Wildman–Crippen MR) is 265 cm³/mol. The Morgan fingerprint density at radius 2 is 0.375 bits per heavy atom. The Morgan fingerprint density at radius 3 is 0.528 bits per heavy atom. The zero-order chi connectivity index (χ0) is 55.9. The van der Waals surface area contributed by atoms with Crippen molar-refractivity contribution in [2.75, 3.05) is 0 Å². The number of aryl methyl sites for hydroxylation is 4. The minimum atomic E-state index is 0.890. The van der Waals surface area contributed by atoms with E-state index in [0.717, 1.165) is 67.8 Å². The number of halogens is 2. The molecule has 0 spiro atoms. The average Bonchev–Trinajstić information content (AvgIpc) is 3.49. The summed E-state index contributed by atoms with van der Waals surface area (Å²) in [5.74, 6) is 0. The first-order valence-corrected chi connectivity index (χ1v) is 31.4. The number of nitrogens with zero attached hydrogens (tertiary/aromatic N) is 4. The molecule has 0 aliphatic rings. The van der Waals surface area contributed by atoms with Gasteiger partial charge >= 0.3 is 152 Å². The monoisotopic (exact) mass is 1430 g/mol. The molecule has 0 amide bonds. The molecule has 360 valence electrons. The van der Waals surface area contributed by atoms with E-state index in [1.165, 1.54) is 56.6 Å². The van der Waals surface area contributed by atoms with Gasteiger partial charge in [-0.25, -0.2) is 19.9 Å². The molecule has 0 atom stereocenters. The third kappa shape index (κ3) is 24.2. The van der Waals surface area contributed by atoms with Gasteiger partial charge in [0, 0.05) is 22.3 Å². The molecule has 0 N–H and O–H groups in total. The van der Waals surface area contributed by atoms with Crippen LogP contribution in [0.25, 0.3) is 67.8 Å². The molecule has 4 heterocycles. The van der Waals surface area contributed by atoms with Crippen LogP contribution in [0, 0.1) is 80.9 Å². The van der Waals surface area contributed by atoms with E-state index in [-0.39, 0.29) is 0 Å². The normalized spacial score (nSPS) is 8.11. The Kier molecular flexibility index (Phi) is 48.5. The molecular formula is C56H40Br2N4O8Re2. The van der Waals surface area contributed by atoms with Crippen molar-refractivity contribution in [3.63, 3.8) is 0 Å². The van der Waals surface area contributed by atoms with E-state index in [1.54, 1.807) is 0 Å². The van der Waals surface area contributed by atoms with Crippen LogP contribution < -0.4 is 0 Å². The van der Waals surface area contributed by atoms with E-state index in [4.69, 9.17) is 57.2 Å². The molecule has 8 rings (SSSR count). The van der Waals surface area contributed by atoms with Crippen molar-refractivity contribution < 1.29 is 71.6 Å². The summed E-state index contributed by atoms with van der Waals surface area (Å²) in [6.07, 6.45) is 0. The summed E-state index contributed by atoms with van der Waals surface area (Å²) in [5.41, 5.74) is 17.0. The number of hydrogen-bond acceptors (Lipinski definition) is 4. The van der Waals surface area contributed by atoms with Crippen molar-refractivity contribution in [2.24, 2.45) is 0 Å². The van der Waals surface area contributed by atoms with Gasteiger partial charge in [0.2, 0.25) is 0 Å². The summed E-state index contributed by atoms with van der Waals surface area (Å²) >= 11 is 9.06. The van der Waals surface area contributed by atoms with Crippen molar-refractivity contribution in [1.29, 1.82) is 0 Å². The van der Waals surface area contributed by atoms with Gasteiger partial charge in [0.15, 0.2) is 0 Å². The molecule has 12 nitrogen and oxygen atoms in total. The van der Waals surface area contributed by atoms with Crippen LogP contribution in [-0.2, 0) is 71.6 Å². The van der Waals surface area contributed by atoms with E-state index < -0.39 is 0 Å². The van der Waals surface area contributed by atoms with E-state index >= 15 is 0 Å². The van der Waals surface area contributed by atoms with E-state index in [0.29, 0.717) is 0 Å². The maximum absolute atomic E-state index is 7.50. The molecule has 0 aliphatic carbocycles. The number of aromatic nitrogens is 4. The third-order valence-electron chi connectivity index (χ3n) is 9.21. The summed E-state index contributed by atoms with van der Waals surface area (Å²) in [6.45, 7) is 44.4. The maximum atomic E-state index is 7.50. The number of hydrogen-bond donors (Lipinski definition) is 0. The van der Waals surface area contributed by atoms with Crippen LogP contribution >= 0.6 is 26.9 Å². The Labute approximate surface area is 455 Å². The van der Waals surface area contributed by atoms with Crippen LogP contribution in [0.4, 0.5) is 0 Å². The summed E-state index contributed by atoms with van der Waals surface area (Å²) in [6, 6.07) is 57.8. The topological polar surface area (TPSA) is 211 Å². The number of benzene rings is 4. The van der Waals surface area contributed by atoms with Gasteiger partial charge in [0.1, 0.15) is 0 Å². The molecule has 4 aromatic heterocycles. The van der Waals surface area contributed by atoms with Gasteiger partial charge in [-0.1, -0.05) is 121 Å². The summed E-state index contributed by atoms with van der Waals surface area (Å²) in [5, 5.41) is 0. The van der Waals surface area contributed by atoms with Gasteiger partial charge in [0.25, 0.3) is 0 Å². The first kappa shape index (κ1) is 72.2. The standard InChI is InChI=1S/2C24H20N2.8CO.2BrH.2Re/c2*1-17-9-3-5-11-19(17)21-13-7-15-23(25-21)24-16-8-14-22(26-24)20-12-6-4-10-18(20)2;8*1-2;;;;/h2*3-16H,1-2H3;;;;;;;;;2*1H;;/q;;;;;;;;;;;;2*+1/p-2. The fourth-order valence-electron chi connectivity index (χ4n) is 6.35. The van der Waals surface area contributed by atoms with Gasteiger partial charge in [0.05, 0.1) is 45.6 Å². The predicted octanol–water partition coefficient (Wildman–Crippen LogP) is 13.6. The second-order valence-electron chi connectivity index (χ2n) is 12.9. The number of pyridine rings is 4. The molecule has 4 aromatic carbocycles. The quantitative estimate of drug-likeness (QED) is 0.117. The molecule has 0 saturated carbocycles. The van der Waals surface area contributed by atoms with E-state index in [9.17, 15) is 0 Å². The second kappa shape index (κ2) is 48.3. The molecule has 0 unspecified atom stereocenters. The fourth-order valence-corrected chi connectivity index (χ4v) is 6.35. The molecule has 0 saturated heterocycles. The zero-order valence-electron chi connectivity index (χ0n) is 38.7. The molecular weight excluding hydrogens is 1390 g/mol. The van der Waals surface area contributed by atoms with Crippen molar-refractivity contribution in [3.8, 4) is 67.8 Å². The van der Waals surface area contributed by atoms with Gasteiger partial charge in [-0.3, -0.25) is 0 Å². The summed E-state index contributed by atoms with van der Waals surface area (Å²) in [4.78, 5) is 19.5. The Morgan fingerprint density at radius 1 is 0.236 bits per heavy atom. The van der Waals surface area contributed by atoms with Crippen molar-refractivity contribution in [1.82, 2.24) is 19.9 Å². The third-order valence-corrected chi connectivity index (χ3v) is 9.21. The second-order valence-corrected chi connectivity index (χ2v) is 12.9. The minimum absolute atomic E-state index is 0.890. The molecule has 0 radical (unpaired) electrons. The zero-order valence-corrected chi connectivity index (χ0v) is 47.3.